The van der Waals surface area contributed by atoms with Crippen LogP contribution in [0.3, 0.4) is 0 Å². The van der Waals surface area contributed by atoms with Gasteiger partial charge < -0.3 is 15.2 Å². The second-order valence-electron chi connectivity index (χ2n) is 6.84. The Labute approximate surface area is 159 Å². The van der Waals surface area contributed by atoms with E-state index in [1.165, 1.54) is 18.2 Å². The average molecular weight is 392 g/mol. The van der Waals surface area contributed by atoms with Crippen molar-refractivity contribution < 1.29 is 23.0 Å². The number of alkyl halides is 3. The van der Waals surface area contributed by atoms with Gasteiger partial charge in [-0.1, -0.05) is 12.1 Å². The minimum atomic E-state index is -4.74. The molecule has 6 nitrogen and oxygen atoms in total. The van der Waals surface area contributed by atoms with E-state index in [2.05, 4.69) is 20.0 Å². The fourth-order valence-electron chi connectivity index (χ4n) is 3.50. The van der Waals surface area contributed by atoms with Crippen molar-refractivity contribution in [2.75, 3.05) is 5.32 Å². The van der Waals surface area contributed by atoms with E-state index in [0.717, 1.165) is 25.7 Å². The molecule has 148 valence electrons. The molecule has 1 fully saturated rings. The van der Waals surface area contributed by atoms with Crippen LogP contribution in [0.25, 0.3) is 16.9 Å². The molecule has 28 heavy (non-hydrogen) atoms. The van der Waals surface area contributed by atoms with Crippen LogP contribution < -0.4 is 10.1 Å². The molecule has 0 bridgehead atoms. The minimum Gasteiger partial charge on any atom is -0.406 e. The van der Waals surface area contributed by atoms with Crippen LogP contribution in [0.4, 0.5) is 19.0 Å². The Morgan fingerprint density at radius 2 is 1.93 bits per heavy atom. The Morgan fingerprint density at radius 3 is 2.68 bits per heavy atom. The summed E-state index contributed by atoms with van der Waals surface area (Å²) in [6, 6.07) is 5.98. The summed E-state index contributed by atoms with van der Waals surface area (Å²) < 4.78 is 43.3. The molecule has 0 atom stereocenters. The first kappa shape index (κ1) is 18.5. The van der Waals surface area contributed by atoms with Gasteiger partial charge in [0.15, 0.2) is 11.5 Å². The quantitative estimate of drug-likeness (QED) is 0.702. The molecule has 0 unspecified atom stereocenters. The van der Waals surface area contributed by atoms with Crippen molar-refractivity contribution in [1.29, 1.82) is 0 Å². The fraction of sp³-hybridized carbons (Fsp3) is 0.368. The summed E-state index contributed by atoms with van der Waals surface area (Å²) in [5, 5.41) is 13.0. The Kier molecular flexibility index (Phi) is 4.84. The molecule has 1 aliphatic carbocycles. The molecule has 9 heteroatoms. The van der Waals surface area contributed by atoms with E-state index < -0.39 is 6.36 Å². The first-order valence-electron chi connectivity index (χ1n) is 9.02. The molecule has 1 aliphatic rings. The van der Waals surface area contributed by atoms with E-state index in [-0.39, 0.29) is 17.9 Å². The summed E-state index contributed by atoms with van der Waals surface area (Å²) in [4.78, 5) is 8.77. The third kappa shape index (κ3) is 4.04. The highest BCUT2D eigenvalue weighted by molar-refractivity contribution is 5.71. The number of aliphatic hydroxyl groups is 1. The van der Waals surface area contributed by atoms with Crippen LogP contribution in [-0.2, 0) is 0 Å². The van der Waals surface area contributed by atoms with Crippen molar-refractivity contribution in [2.24, 2.45) is 0 Å². The lowest BCUT2D eigenvalue weighted by atomic mass is 9.93. The summed E-state index contributed by atoms with van der Waals surface area (Å²) in [5.74, 6) is 0.325. The van der Waals surface area contributed by atoms with Crippen LogP contribution in [0, 0.1) is 0 Å². The standard InChI is InChI=1S/C19H19F3N4O2/c20-19(21,22)28-15-3-1-2-12(10-15)16-11-24-18-17(23-8-9-26(16)18)25-13-4-6-14(27)7-5-13/h1-3,8-11,13-14,27H,4-7H2,(H,23,25). The van der Waals surface area contributed by atoms with Gasteiger partial charge in [-0.05, 0) is 37.8 Å². The van der Waals surface area contributed by atoms with Crippen LogP contribution in [0.15, 0.2) is 42.9 Å². The van der Waals surface area contributed by atoms with E-state index in [9.17, 15) is 18.3 Å². The number of ether oxygens (including phenoxy) is 1. The first-order chi connectivity index (χ1) is 13.4. The van der Waals surface area contributed by atoms with Crippen LogP contribution in [0.5, 0.6) is 5.75 Å². The van der Waals surface area contributed by atoms with E-state index in [1.54, 1.807) is 29.1 Å². The molecule has 4 rings (SSSR count). The Hall–Kier alpha value is -2.81. The highest BCUT2D eigenvalue weighted by atomic mass is 19.4. The largest absolute Gasteiger partial charge is 0.573 e. The molecule has 0 amide bonds. The topological polar surface area (TPSA) is 71.7 Å². The first-order valence-corrected chi connectivity index (χ1v) is 9.02. The summed E-state index contributed by atoms with van der Waals surface area (Å²) >= 11 is 0. The maximum atomic E-state index is 12.5. The number of benzene rings is 1. The molecule has 0 radical (unpaired) electrons. The third-order valence-electron chi connectivity index (χ3n) is 4.83. The van der Waals surface area contributed by atoms with Crippen LogP contribution >= 0.6 is 0 Å². The summed E-state index contributed by atoms with van der Waals surface area (Å²) in [5.41, 5.74) is 1.77. The van der Waals surface area contributed by atoms with Crippen molar-refractivity contribution in [3.05, 3.63) is 42.9 Å². The van der Waals surface area contributed by atoms with Gasteiger partial charge in [-0.2, -0.15) is 0 Å². The van der Waals surface area contributed by atoms with Crippen molar-refractivity contribution in [2.45, 2.75) is 44.2 Å². The van der Waals surface area contributed by atoms with E-state index in [4.69, 9.17) is 0 Å². The number of hydrogen-bond donors (Lipinski definition) is 2. The van der Waals surface area contributed by atoms with Gasteiger partial charge in [0.2, 0.25) is 0 Å². The average Bonchev–Trinajstić information content (AvgIpc) is 3.08. The van der Waals surface area contributed by atoms with Crippen molar-refractivity contribution in [3.63, 3.8) is 0 Å². The van der Waals surface area contributed by atoms with Gasteiger partial charge in [0.1, 0.15) is 5.75 Å². The molecule has 1 saturated carbocycles. The van der Waals surface area contributed by atoms with Crippen LogP contribution in [0.2, 0.25) is 0 Å². The van der Waals surface area contributed by atoms with Crippen molar-refractivity contribution >= 4 is 11.5 Å². The van der Waals surface area contributed by atoms with E-state index in [0.29, 0.717) is 22.7 Å². The normalized spacial score (nSPS) is 20.3. The maximum absolute atomic E-state index is 12.5. The zero-order valence-electron chi connectivity index (χ0n) is 14.9. The zero-order chi connectivity index (χ0) is 19.7. The predicted molar refractivity (Wildman–Crippen MR) is 97.0 cm³/mol. The predicted octanol–water partition coefficient (Wildman–Crippen LogP) is 4.01. The summed E-state index contributed by atoms with van der Waals surface area (Å²) in [6.07, 6.45) is 3.11. The number of halogens is 3. The summed E-state index contributed by atoms with van der Waals surface area (Å²) in [6.45, 7) is 0. The number of nitrogens with zero attached hydrogens (tertiary/aromatic N) is 3. The molecule has 2 heterocycles. The number of hydrogen-bond acceptors (Lipinski definition) is 5. The molecule has 2 N–H and O–H groups in total. The lowest BCUT2D eigenvalue weighted by molar-refractivity contribution is -0.274. The van der Waals surface area contributed by atoms with Gasteiger partial charge in [0.05, 0.1) is 18.0 Å². The smallest absolute Gasteiger partial charge is 0.406 e. The molecule has 1 aromatic carbocycles. The molecule has 0 saturated heterocycles. The Balaban J connectivity index is 1.62. The summed E-state index contributed by atoms with van der Waals surface area (Å²) in [7, 11) is 0. The van der Waals surface area contributed by atoms with Gasteiger partial charge in [0, 0.05) is 24.0 Å². The molecular formula is C19H19F3N4O2. The van der Waals surface area contributed by atoms with Gasteiger partial charge in [-0.25, -0.2) is 9.97 Å². The van der Waals surface area contributed by atoms with Gasteiger partial charge in [-0.15, -0.1) is 13.2 Å². The molecule has 3 aromatic rings. The lowest BCUT2D eigenvalue weighted by Crippen LogP contribution is -2.28. The Morgan fingerprint density at radius 1 is 1.14 bits per heavy atom. The van der Waals surface area contributed by atoms with Gasteiger partial charge >= 0.3 is 6.36 Å². The number of imidazole rings is 1. The van der Waals surface area contributed by atoms with Crippen LogP contribution in [-0.4, -0.2) is 38.0 Å². The number of rotatable bonds is 4. The number of anilines is 1. The van der Waals surface area contributed by atoms with E-state index in [1.807, 2.05) is 0 Å². The number of nitrogens with one attached hydrogen (secondary N) is 1. The fourth-order valence-corrected chi connectivity index (χ4v) is 3.50. The minimum absolute atomic E-state index is 0.200. The van der Waals surface area contributed by atoms with E-state index >= 15 is 0 Å². The number of aromatic nitrogens is 3. The second kappa shape index (κ2) is 7.31. The highest BCUT2D eigenvalue weighted by Crippen LogP contribution is 2.30. The second-order valence-corrected chi connectivity index (χ2v) is 6.84. The molecule has 2 aromatic heterocycles. The SMILES string of the molecule is OC1CCC(Nc2nccn3c(-c4cccc(OC(F)(F)F)c4)cnc23)CC1. The number of aliphatic hydroxyl groups excluding tert-OH is 1. The molecule has 0 aliphatic heterocycles. The van der Waals surface area contributed by atoms with Crippen LogP contribution in [0.1, 0.15) is 25.7 Å². The highest BCUT2D eigenvalue weighted by Gasteiger charge is 2.31. The third-order valence-corrected chi connectivity index (χ3v) is 4.83. The molecular weight excluding hydrogens is 373 g/mol. The van der Waals surface area contributed by atoms with Gasteiger partial charge in [-0.3, -0.25) is 4.40 Å². The zero-order valence-corrected chi connectivity index (χ0v) is 14.9. The molecule has 0 spiro atoms. The van der Waals surface area contributed by atoms with Crippen molar-refractivity contribution in [3.8, 4) is 17.0 Å². The van der Waals surface area contributed by atoms with Gasteiger partial charge in [0.25, 0.3) is 0 Å². The monoisotopic (exact) mass is 392 g/mol. The maximum Gasteiger partial charge on any atom is 0.573 e. The number of fused-ring (bicyclic) bond motifs is 1. The van der Waals surface area contributed by atoms with Crippen molar-refractivity contribution in [1.82, 2.24) is 14.4 Å². The lowest BCUT2D eigenvalue weighted by Gasteiger charge is -2.26. The Bertz CT molecular complexity index is 965.